The predicted molar refractivity (Wildman–Crippen MR) is 134 cm³/mol. The van der Waals surface area contributed by atoms with Crippen LogP contribution >= 0.6 is 23.5 Å². The minimum Gasteiger partial charge on any atom is -0.480 e. The van der Waals surface area contributed by atoms with Crippen LogP contribution in [0.5, 0.6) is 0 Å². The fraction of sp³-hybridized carbons (Fsp3) is 0.542. The van der Waals surface area contributed by atoms with Gasteiger partial charge in [0.05, 0.1) is 6.42 Å². The van der Waals surface area contributed by atoms with Crippen LogP contribution in [-0.2, 0) is 30.4 Å². The van der Waals surface area contributed by atoms with Gasteiger partial charge in [0, 0.05) is 9.49 Å². The van der Waals surface area contributed by atoms with Gasteiger partial charge in [-0.3, -0.25) is 19.2 Å². The van der Waals surface area contributed by atoms with Gasteiger partial charge in [0.15, 0.2) is 0 Å². The van der Waals surface area contributed by atoms with Crippen molar-refractivity contribution in [2.45, 2.75) is 78.5 Å². The molecule has 12 heteroatoms. The fourth-order valence-corrected chi connectivity index (χ4v) is 8.81. The molecule has 4 saturated heterocycles. The second kappa shape index (κ2) is 8.41. The Kier molecular flexibility index (Phi) is 5.82. The van der Waals surface area contributed by atoms with Gasteiger partial charge in [-0.2, -0.15) is 0 Å². The van der Waals surface area contributed by atoms with Crippen molar-refractivity contribution in [2.24, 2.45) is 0 Å². The molecule has 0 saturated carbocycles. The lowest BCUT2D eigenvalue weighted by Crippen LogP contribution is -2.74. The third-order valence-corrected chi connectivity index (χ3v) is 10.3. The first kappa shape index (κ1) is 24.9. The third-order valence-electron chi connectivity index (χ3n) is 7.19. The Morgan fingerprint density at radius 1 is 0.861 bits per heavy atom. The molecule has 36 heavy (non-hydrogen) atoms. The molecule has 4 heterocycles. The number of hydrogen-bond acceptors (Lipinski definition) is 7. The molecule has 4 fully saturated rings. The zero-order chi connectivity index (χ0) is 26.2. The van der Waals surface area contributed by atoms with Crippen LogP contribution in [0.1, 0.15) is 33.3 Å². The summed E-state index contributed by atoms with van der Waals surface area (Å²) in [7, 11) is 0. The highest BCUT2D eigenvalue weighted by molar-refractivity contribution is 8.02. The van der Waals surface area contributed by atoms with Crippen molar-refractivity contribution < 1.29 is 29.1 Å². The van der Waals surface area contributed by atoms with Gasteiger partial charge in [-0.25, -0.2) is 4.79 Å². The zero-order valence-corrected chi connectivity index (χ0v) is 21.9. The maximum atomic E-state index is 13.4. The molecule has 1 aromatic carbocycles. The number of hydrogen-bond donors (Lipinski definition) is 3. The fourth-order valence-electron chi connectivity index (χ4n) is 5.55. The van der Waals surface area contributed by atoms with Crippen molar-refractivity contribution in [3.8, 4) is 0 Å². The van der Waals surface area contributed by atoms with Gasteiger partial charge < -0.3 is 25.5 Å². The Morgan fingerprint density at radius 3 is 1.92 bits per heavy atom. The Balaban J connectivity index is 1.24. The number of rotatable bonds is 6. The highest BCUT2D eigenvalue weighted by Crippen LogP contribution is 2.53. The SMILES string of the molecule is CC1(C)S[C@@H]2[C@H](NC(=O)[C@@H]3N4C(=O)[C@@H](NC(=O)Cc5ccccc5)[C@H]4SC3(C)C)C(=O)N2[C@H]1C(=O)O. The van der Waals surface area contributed by atoms with E-state index >= 15 is 0 Å². The molecular formula is C24H28N4O6S2. The van der Waals surface area contributed by atoms with E-state index in [1.807, 2.05) is 44.2 Å². The van der Waals surface area contributed by atoms with Crippen molar-refractivity contribution in [2.75, 3.05) is 0 Å². The van der Waals surface area contributed by atoms with Crippen LogP contribution in [0.4, 0.5) is 0 Å². The van der Waals surface area contributed by atoms with Crippen LogP contribution < -0.4 is 10.6 Å². The Morgan fingerprint density at radius 2 is 1.36 bits per heavy atom. The van der Waals surface area contributed by atoms with E-state index in [0.29, 0.717) is 0 Å². The summed E-state index contributed by atoms with van der Waals surface area (Å²) in [6.45, 7) is 7.26. The summed E-state index contributed by atoms with van der Waals surface area (Å²) in [5, 5.41) is 14.3. The highest BCUT2D eigenvalue weighted by Gasteiger charge is 2.67. The summed E-state index contributed by atoms with van der Waals surface area (Å²) in [6, 6.07) is 5.89. The van der Waals surface area contributed by atoms with Crippen molar-refractivity contribution in [3.63, 3.8) is 0 Å². The predicted octanol–water partition coefficient (Wildman–Crippen LogP) is 0.408. The maximum Gasteiger partial charge on any atom is 0.327 e. The number of nitrogens with zero attached hydrogens (tertiary/aromatic N) is 2. The molecule has 3 N–H and O–H groups in total. The van der Waals surface area contributed by atoms with Gasteiger partial charge >= 0.3 is 5.97 Å². The molecule has 6 atom stereocenters. The average molecular weight is 533 g/mol. The summed E-state index contributed by atoms with van der Waals surface area (Å²) in [6.07, 6.45) is 0.155. The number of carboxylic acids is 1. The monoisotopic (exact) mass is 532 g/mol. The molecule has 4 amide bonds. The number of carbonyl (C=O) groups is 5. The number of β-lactam (4-membered cyclic amide) rings is 2. The number of thioether (sulfide) groups is 2. The van der Waals surface area contributed by atoms with E-state index in [1.54, 1.807) is 13.8 Å². The molecule has 4 aliphatic heterocycles. The van der Waals surface area contributed by atoms with Crippen molar-refractivity contribution >= 4 is 53.1 Å². The Labute approximate surface area is 216 Å². The van der Waals surface area contributed by atoms with Crippen LogP contribution in [-0.4, -0.2) is 88.9 Å². The molecule has 10 nitrogen and oxygen atoms in total. The topological polar surface area (TPSA) is 136 Å². The van der Waals surface area contributed by atoms with Crippen molar-refractivity contribution in [1.82, 2.24) is 20.4 Å². The molecule has 4 aliphatic rings. The maximum absolute atomic E-state index is 13.4. The number of aliphatic carboxylic acids is 1. The van der Waals surface area contributed by atoms with Crippen molar-refractivity contribution in [3.05, 3.63) is 35.9 Å². The number of amides is 4. The molecule has 192 valence electrons. The van der Waals surface area contributed by atoms with Gasteiger partial charge in [0.2, 0.25) is 23.6 Å². The summed E-state index contributed by atoms with van der Waals surface area (Å²) < 4.78 is -1.35. The van der Waals surface area contributed by atoms with Crippen LogP contribution in [0.15, 0.2) is 30.3 Å². The number of nitrogens with one attached hydrogen (secondary N) is 2. The molecular weight excluding hydrogens is 504 g/mol. The number of carbonyl (C=O) groups excluding carboxylic acids is 4. The van der Waals surface area contributed by atoms with Crippen LogP contribution in [0.3, 0.4) is 0 Å². The summed E-state index contributed by atoms with van der Waals surface area (Å²) in [4.78, 5) is 66.3. The third kappa shape index (κ3) is 3.76. The van der Waals surface area contributed by atoms with E-state index < -0.39 is 56.8 Å². The van der Waals surface area contributed by atoms with Gasteiger partial charge in [0.25, 0.3) is 0 Å². The standard InChI is InChI=1S/C24H28N4O6S2/c1-23(2)15(17(30)26-14-19(32)28-16(22(33)34)24(3,4)36-21(14)28)27-18(31)13(20(27)35-23)25-12(29)10-11-8-6-5-7-9-11/h5-9,13-16,20-21H,10H2,1-4H3,(H,25,29)(H,26,30)(H,33,34)/t13-,14-,15+,16+,20-,21-/m1/s1. The smallest absolute Gasteiger partial charge is 0.327 e. The summed E-state index contributed by atoms with van der Waals surface area (Å²) in [5.41, 5.74) is 0.840. The van der Waals surface area contributed by atoms with Gasteiger partial charge in [-0.05, 0) is 33.3 Å². The van der Waals surface area contributed by atoms with E-state index in [1.165, 1.54) is 33.3 Å². The van der Waals surface area contributed by atoms with E-state index in [-0.39, 0.29) is 23.6 Å². The molecule has 0 unspecified atom stereocenters. The molecule has 0 aliphatic carbocycles. The quantitative estimate of drug-likeness (QED) is 0.448. The second-order valence-corrected chi connectivity index (χ2v) is 14.1. The Bertz CT molecular complexity index is 1160. The molecule has 0 spiro atoms. The highest BCUT2D eigenvalue weighted by atomic mass is 32.2. The largest absolute Gasteiger partial charge is 0.480 e. The lowest BCUT2D eigenvalue weighted by atomic mass is 9.93. The number of carboxylic acid groups (broad SMARTS) is 1. The van der Waals surface area contributed by atoms with Crippen molar-refractivity contribution in [1.29, 1.82) is 0 Å². The summed E-state index contributed by atoms with van der Waals surface area (Å²) >= 11 is 2.79. The molecule has 0 aromatic heterocycles. The zero-order valence-electron chi connectivity index (χ0n) is 20.3. The van der Waals surface area contributed by atoms with E-state index in [2.05, 4.69) is 10.6 Å². The normalized spacial score (nSPS) is 33.2. The van der Waals surface area contributed by atoms with Crippen LogP contribution in [0, 0.1) is 0 Å². The lowest BCUT2D eigenvalue weighted by Gasteiger charge is -2.46. The van der Waals surface area contributed by atoms with Gasteiger partial charge in [0.1, 0.15) is 34.9 Å². The van der Waals surface area contributed by atoms with E-state index in [9.17, 15) is 29.1 Å². The second-order valence-electron chi connectivity index (χ2n) is 10.6. The van der Waals surface area contributed by atoms with E-state index in [0.717, 1.165) is 5.56 Å². The molecule has 0 bridgehead atoms. The van der Waals surface area contributed by atoms with Crippen LogP contribution in [0.25, 0.3) is 0 Å². The number of fused-ring (bicyclic) bond motifs is 2. The molecule has 1 aromatic rings. The Hall–Kier alpha value is -2.73. The molecule has 0 radical (unpaired) electrons. The number of benzene rings is 1. The minimum atomic E-state index is -1.07. The first-order valence-corrected chi connectivity index (χ1v) is 13.5. The lowest BCUT2D eigenvalue weighted by molar-refractivity contribution is -0.162. The first-order valence-electron chi connectivity index (χ1n) is 11.7. The van der Waals surface area contributed by atoms with Gasteiger partial charge in [-0.1, -0.05) is 30.3 Å². The summed E-state index contributed by atoms with van der Waals surface area (Å²) in [5.74, 6) is -2.55. The van der Waals surface area contributed by atoms with Gasteiger partial charge in [-0.15, -0.1) is 23.5 Å². The average Bonchev–Trinajstić information content (AvgIpc) is 3.21. The minimum absolute atomic E-state index is 0.155. The molecule has 5 rings (SSSR count). The van der Waals surface area contributed by atoms with Crippen LogP contribution in [0.2, 0.25) is 0 Å². The first-order chi connectivity index (χ1) is 16.8. The van der Waals surface area contributed by atoms with E-state index in [4.69, 9.17) is 0 Å².